The second-order valence-electron chi connectivity index (χ2n) is 6.68. The monoisotopic (exact) mass is 389 g/mol. The standard InChI is InChI=1S/C20H31N5OS/c1-15-16(2)27-19(24-15)14-23-20(21-3)22-13-17-7-9-18(10-8-17)26-12-6-11-25(4)5/h7-10H,6,11-14H2,1-5H3,(H2,21,22,23). The number of guanidine groups is 1. The third-order valence-corrected chi connectivity index (χ3v) is 5.18. The van der Waals surface area contributed by atoms with E-state index in [0.29, 0.717) is 13.1 Å². The number of hydrogen-bond acceptors (Lipinski definition) is 5. The zero-order chi connectivity index (χ0) is 19.6. The van der Waals surface area contributed by atoms with Gasteiger partial charge in [-0.1, -0.05) is 12.1 Å². The molecule has 148 valence electrons. The van der Waals surface area contributed by atoms with Crippen LogP contribution in [0.1, 0.15) is 27.6 Å². The number of aliphatic imine (C=N–C) groups is 1. The van der Waals surface area contributed by atoms with E-state index in [0.717, 1.165) is 42.0 Å². The number of hydrogen-bond donors (Lipinski definition) is 2. The van der Waals surface area contributed by atoms with Gasteiger partial charge in [0.2, 0.25) is 0 Å². The molecule has 0 amide bonds. The van der Waals surface area contributed by atoms with Crippen LogP contribution in [0.5, 0.6) is 5.75 Å². The summed E-state index contributed by atoms with van der Waals surface area (Å²) in [7, 11) is 5.92. The molecule has 1 aromatic carbocycles. The quantitative estimate of drug-likeness (QED) is 0.392. The van der Waals surface area contributed by atoms with Crippen LogP contribution < -0.4 is 15.4 Å². The van der Waals surface area contributed by atoms with Gasteiger partial charge in [-0.25, -0.2) is 4.98 Å². The Morgan fingerprint density at radius 2 is 1.85 bits per heavy atom. The first-order valence-corrected chi connectivity index (χ1v) is 10.0. The second kappa shape index (κ2) is 10.9. The number of nitrogens with zero attached hydrogens (tertiary/aromatic N) is 3. The van der Waals surface area contributed by atoms with Gasteiger partial charge in [-0.05, 0) is 52.1 Å². The van der Waals surface area contributed by atoms with Gasteiger partial charge in [0.1, 0.15) is 10.8 Å². The Kier molecular flexibility index (Phi) is 8.54. The molecular formula is C20H31N5OS. The molecule has 7 heteroatoms. The number of nitrogens with one attached hydrogen (secondary N) is 2. The van der Waals surface area contributed by atoms with Gasteiger partial charge in [0.05, 0.1) is 18.8 Å². The van der Waals surface area contributed by atoms with Gasteiger partial charge >= 0.3 is 0 Å². The summed E-state index contributed by atoms with van der Waals surface area (Å²) in [5.74, 6) is 1.68. The Hall–Kier alpha value is -2.12. The summed E-state index contributed by atoms with van der Waals surface area (Å²) in [5, 5.41) is 7.71. The molecule has 2 aromatic rings. The Bertz CT molecular complexity index is 705. The molecule has 2 rings (SSSR count). The summed E-state index contributed by atoms with van der Waals surface area (Å²) < 4.78 is 5.77. The highest BCUT2D eigenvalue weighted by Gasteiger charge is 2.05. The molecule has 1 heterocycles. The minimum Gasteiger partial charge on any atom is -0.494 e. The number of aromatic nitrogens is 1. The number of thiazole rings is 1. The fourth-order valence-electron chi connectivity index (χ4n) is 2.45. The minimum atomic E-state index is 0.679. The summed E-state index contributed by atoms with van der Waals surface area (Å²) in [5.41, 5.74) is 2.28. The predicted octanol–water partition coefficient (Wildman–Crippen LogP) is 2.96. The van der Waals surface area contributed by atoms with Crippen molar-refractivity contribution in [3.05, 3.63) is 45.4 Å². The van der Waals surface area contributed by atoms with Gasteiger partial charge in [0.25, 0.3) is 0 Å². The molecule has 0 aliphatic carbocycles. The number of benzene rings is 1. The van der Waals surface area contributed by atoms with Crippen LogP contribution in [0.4, 0.5) is 0 Å². The van der Waals surface area contributed by atoms with E-state index < -0.39 is 0 Å². The highest BCUT2D eigenvalue weighted by atomic mass is 32.1. The van der Waals surface area contributed by atoms with E-state index in [1.165, 1.54) is 10.4 Å². The SMILES string of the molecule is CN=C(NCc1ccc(OCCCN(C)C)cc1)NCc1nc(C)c(C)s1. The topological polar surface area (TPSA) is 61.8 Å². The lowest BCUT2D eigenvalue weighted by Crippen LogP contribution is -2.36. The molecule has 6 nitrogen and oxygen atoms in total. The van der Waals surface area contributed by atoms with Crippen LogP contribution in [-0.2, 0) is 13.1 Å². The molecule has 0 unspecified atom stereocenters. The van der Waals surface area contributed by atoms with E-state index in [1.807, 2.05) is 19.1 Å². The van der Waals surface area contributed by atoms with E-state index in [-0.39, 0.29) is 0 Å². The van der Waals surface area contributed by atoms with Gasteiger partial charge in [0, 0.05) is 25.0 Å². The molecule has 2 N–H and O–H groups in total. The molecule has 0 saturated carbocycles. The molecule has 0 fully saturated rings. The van der Waals surface area contributed by atoms with Crippen LogP contribution in [0.15, 0.2) is 29.3 Å². The molecule has 0 bridgehead atoms. The van der Waals surface area contributed by atoms with E-state index in [9.17, 15) is 0 Å². The number of rotatable bonds is 9. The van der Waals surface area contributed by atoms with Gasteiger partial charge in [-0.15, -0.1) is 11.3 Å². The molecule has 0 aliphatic rings. The molecule has 0 saturated heterocycles. The van der Waals surface area contributed by atoms with Crippen LogP contribution in [0, 0.1) is 13.8 Å². The Labute approximate surface area is 166 Å². The molecule has 0 atom stereocenters. The van der Waals surface area contributed by atoms with Crippen LogP contribution in [-0.4, -0.2) is 50.1 Å². The lowest BCUT2D eigenvalue weighted by atomic mass is 10.2. The maximum absolute atomic E-state index is 5.77. The van der Waals surface area contributed by atoms with Gasteiger partial charge < -0.3 is 20.3 Å². The minimum absolute atomic E-state index is 0.679. The summed E-state index contributed by atoms with van der Waals surface area (Å²) in [6.45, 7) is 7.29. The fraction of sp³-hybridized carbons (Fsp3) is 0.500. The van der Waals surface area contributed by atoms with E-state index in [4.69, 9.17) is 4.74 Å². The summed E-state index contributed by atoms with van der Waals surface area (Å²) in [6.07, 6.45) is 1.02. The average molecular weight is 390 g/mol. The van der Waals surface area contributed by atoms with Crippen molar-refractivity contribution >= 4 is 17.3 Å². The zero-order valence-electron chi connectivity index (χ0n) is 17.0. The maximum Gasteiger partial charge on any atom is 0.191 e. The summed E-state index contributed by atoms with van der Waals surface area (Å²) in [4.78, 5) is 12.2. The van der Waals surface area contributed by atoms with Crippen LogP contribution >= 0.6 is 11.3 Å². The first-order chi connectivity index (χ1) is 13.0. The van der Waals surface area contributed by atoms with Crippen molar-refractivity contribution in [2.45, 2.75) is 33.4 Å². The average Bonchev–Trinajstić information content (AvgIpc) is 2.97. The van der Waals surface area contributed by atoms with Crippen molar-refractivity contribution in [2.24, 2.45) is 4.99 Å². The van der Waals surface area contributed by atoms with E-state index >= 15 is 0 Å². The van der Waals surface area contributed by atoms with Crippen molar-refractivity contribution < 1.29 is 4.74 Å². The van der Waals surface area contributed by atoms with Crippen molar-refractivity contribution in [1.29, 1.82) is 0 Å². The third kappa shape index (κ3) is 7.56. The number of aryl methyl sites for hydroxylation is 2. The largest absolute Gasteiger partial charge is 0.494 e. The summed E-state index contributed by atoms with van der Waals surface area (Å²) in [6, 6.07) is 8.19. The van der Waals surface area contributed by atoms with Gasteiger partial charge in [0.15, 0.2) is 5.96 Å². The molecule has 1 aromatic heterocycles. The van der Waals surface area contributed by atoms with Crippen molar-refractivity contribution in [1.82, 2.24) is 20.5 Å². The Morgan fingerprint density at radius 1 is 1.15 bits per heavy atom. The molecule has 0 radical (unpaired) electrons. The van der Waals surface area contributed by atoms with Crippen LogP contribution in [0.2, 0.25) is 0 Å². The highest BCUT2D eigenvalue weighted by molar-refractivity contribution is 7.11. The zero-order valence-corrected chi connectivity index (χ0v) is 17.8. The maximum atomic E-state index is 5.77. The van der Waals surface area contributed by atoms with Gasteiger partial charge in [-0.3, -0.25) is 4.99 Å². The third-order valence-electron chi connectivity index (χ3n) is 4.11. The number of ether oxygens (including phenoxy) is 1. The van der Waals surface area contributed by atoms with Crippen LogP contribution in [0.3, 0.4) is 0 Å². The summed E-state index contributed by atoms with van der Waals surface area (Å²) >= 11 is 1.72. The van der Waals surface area contributed by atoms with Crippen molar-refractivity contribution in [3.8, 4) is 5.75 Å². The predicted molar refractivity (Wildman–Crippen MR) is 114 cm³/mol. The first-order valence-electron chi connectivity index (χ1n) is 9.22. The Morgan fingerprint density at radius 3 is 2.44 bits per heavy atom. The molecule has 27 heavy (non-hydrogen) atoms. The van der Waals surface area contributed by atoms with E-state index in [1.54, 1.807) is 18.4 Å². The van der Waals surface area contributed by atoms with Crippen molar-refractivity contribution in [3.63, 3.8) is 0 Å². The van der Waals surface area contributed by atoms with Crippen LogP contribution in [0.25, 0.3) is 0 Å². The smallest absolute Gasteiger partial charge is 0.191 e. The molecule has 0 aliphatic heterocycles. The lowest BCUT2D eigenvalue weighted by Gasteiger charge is -2.12. The van der Waals surface area contributed by atoms with Gasteiger partial charge in [-0.2, -0.15) is 0 Å². The molecule has 0 spiro atoms. The second-order valence-corrected chi connectivity index (χ2v) is 7.97. The normalized spacial score (nSPS) is 11.7. The first kappa shape index (κ1) is 21.2. The highest BCUT2D eigenvalue weighted by Crippen LogP contribution is 2.16. The molecular weight excluding hydrogens is 358 g/mol. The lowest BCUT2D eigenvalue weighted by molar-refractivity contribution is 0.281. The van der Waals surface area contributed by atoms with E-state index in [2.05, 4.69) is 58.7 Å². The fourth-order valence-corrected chi connectivity index (χ4v) is 3.33. The Balaban J connectivity index is 1.73. The van der Waals surface area contributed by atoms with Crippen molar-refractivity contribution in [2.75, 3.05) is 34.3 Å².